The van der Waals surface area contributed by atoms with Crippen LogP contribution in [-0.4, -0.2) is 25.0 Å². The van der Waals surface area contributed by atoms with Gasteiger partial charge < -0.3 is 4.74 Å². The second-order valence-corrected chi connectivity index (χ2v) is 5.26. The summed E-state index contributed by atoms with van der Waals surface area (Å²) in [6.45, 7) is 1.58. The number of rotatable bonds is 5. The maximum absolute atomic E-state index is 13.0. The second-order valence-electron chi connectivity index (χ2n) is 4.17. The molecule has 0 aromatic heterocycles. The SMILES string of the molecule is NNC(CSc1cccc(F)c1)C1CCOC1. The smallest absolute Gasteiger partial charge is 0.124 e. The first-order valence-electron chi connectivity index (χ1n) is 5.72. The van der Waals surface area contributed by atoms with Crippen molar-refractivity contribution in [1.82, 2.24) is 5.43 Å². The average Bonchev–Trinajstić information content (AvgIpc) is 2.84. The first kappa shape index (κ1) is 12.8. The van der Waals surface area contributed by atoms with Crippen LogP contribution in [0.5, 0.6) is 0 Å². The largest absolute Gasteiger partial charge is 0.381 e. The van der Waals surface area contributed by atoms with Crippen molar-refractivity contribution in [3.8, 4) is 0 Å². The standard InChI is InChI=1S/C12H17FN2OS/c13-10-2-1-3-11(6-10)17-8-12(15-14)9-4-5-16-7-9/h1-3,6,9,12,15H,4-5,7-8,14H2. The molecule has 0 saturated carbocycles. The Bertz CT molecular complexity index is 358. The van der Waals surface area contributed by atoms with Crippen molar-refractivity contribution in [1.29, 1.82) is 0 Å². The zero-order chi connectivity index (χ0) is 12.1. The molecule has 0 spiro atoms. The minimum absolute atomic E-state index is 0.198. The Balaban J connectivity index is 1.87. The zero-order valence-corrected chi connectivity index (χ0v) is 10.4. The van der Waals surface area contributed by atoms with Crippen LogP contribution in [0.25, 0.3) is 0 Å². The van der Waals surface area contributed by atoms with Gasteiger partial charge in [-0.25, -0.2) is 4.39 Å². The molecule has 1 fully saturated rings. The number of hydrogen-bond donors (Lipinski definition) is 2. The van der Waals surface area contributed by atoms with E-state index in [4.69, 9.17) is 10.6 Å². The number of nitrogens with one attached hydrogen (secondary N) is 1. The van der Waals surface area contributed by atoms with E-state index >= 15 is 0 Å². The normalized spacial score (nSPS) is 21.6. The summed E-state index contributed by atoms with van der Waals surface area (Å²) in [6.07, 6.45) is 1.04. The van der Waals surface area contributed by atoms with Crippen LogP contribution in [-0.2, 0) is 4.74 Å². The third kappa shape index (κ3) is 3.67. The fourth-order valence-corrected chi connectivity index (χ4v) is 3.04. The van der Waals surface area contributed by atoms with Crippen molar-refractivity contribution < 1.29 is 9.13 Å². The molecule has 1 aliphatic rings. The summed E-state index contributed by atoms with van der Waals surface area (Å²) >= 11 is 1.62. The molecule has 17 heavy (non-hydrogen) atoms. The predicted octanol–water partition coefficient (Wildman–Crippen LogP) is 1.79. The van der Waals surface area contributed by atoms with Crippen molar-refractivity contribution in [2.45, 2.75) is 17.4 Å². The van der Waals surface area contributed by atoms with Crippen molar-refractivity contribution in [3.05, 3.63) is 30.1 Å². The summed E-state index contributed by atoms with van der Waals surface area (Å²) in [5, 5.41) is 0. The highest BCUT2D eigenvalue weighted by molar-refractivity contribution is 7.99. The number of halogens is 1. The van der Waals surface area contributed by atoms with Crippen LogP contribution in [0.2, 0.25) is 0 Å². The minimum atomic E-state index is -0.198. The van der Waals surface area contributed by atoms with Gasteiger partial charge in [0.15, 0.2) is 0 Å². The molecule has 1 saturated heterocycles. The molecule has 3 N–H and O–H groups in total. The molecular formula is C12H17FN2OS. The highest BCUT2D eigenvalue weighted by Crippen LogP contribution is 2.24. The highest BCUT2D eigenvalue weighted by atomic mass is 32.2. The molecule has 1 heterocycles. The molecule has 2 atom stereocenters. The lowest BCUT2D eigenvalue weighted by molar-refractivity contribution is 0.179. The van der Waals surface area contributed by atoms with E-state index in [0.29, 0.717) is 5.92 Å². The van der Waals surface area contributed by atoms with Gasteiger partial charge in [0.2, 0.25) is 0 Å². The van der Waals surface area contributed by atoms with Gasteiger partial charge in [0.1, 0.15) is 5.82 Å². The molecule has 1 aromatic rings. The van der Waals surface area contributed by atoms with E-state index in [2.05, 4.69) is 5.43 Å². The van der Waals surface area contributed by atoms with Crippen LogP contribution in [0.15, 0.2) is 29.2 Å². The van der Waals surface area contributed by atoms with Crippen LogP contribution < -0.4 is 11.3 Å². The molecule has 0 radical (unpaired) electrons. The monoisotopic (exact) mass is 256 g/mol. The van der Waals surface area contributed by atoms with Gasteiger partial charge >= 0.3 is 0 Å². The fraction of sp³-hybridized carbons (Fsp3) is 0.500. The number of ether oxygens (including phenoxy) is 1. The molecule has 5 heteroatoms. The summed E-state index contributed by atoms with van der Waals surface area (Å²) in [5.74, 6) is 6.64. The van der Waals surface area contributed by atoms with E-state index in [-0.39, 0.29) is 11.9 Å². The van der Waals surface area contributed by atoms with E-state index in [1.165, 1.54) is 6.07 Å². The Labute approximate surface area is 105 Å². The summed E-state index contributed by atoms with van der Waals surface area (Å²) in [6, 6.07) is 6.84. The van der Waals surface area contributed by atoms with Gasteiger partial charge in [-0.1, -0.05) is 6.07 Å². The van der Waals surface area contributed by atoms with Gasteiger partial charge in [0.25, 0.3) is 0 Å². The number of thioether (sulfide) groups is 1. The van der Waals surface area contributed by atoms with Gasteiger partial charge in [-0.2, -0.15) is 0 Å². The van der Waals surface area contributed by atoms with Gasteiger partial charge in [-0.15, -0.1) is 11.8 Å². The molecule has 1 aromatic carbocycles. The van der Waals surface area contributed by atoms with Crippen molar-refractivity contribution >= 4 is 11.8 Å². The molecule has 0 aliphatic carbocycles. The number of hydrogen-bond acceptors (Lipinski definition) is 4. The molecule has 2 unspecified atom stereocenters. The van der Waals surface area contributed by atoms with E-state index in [9.17, 15) is 4.39 Å². The van der Waals surface area contributed by atoms with E-state index in [1.54, 1.807) is 23.9 Å². The maximum Gasteiger partial charge on any atom is 0.124 e. The fourth-order valence-electron chi connectivity index (χ4n) is 1.93. The van der Waals surface area contributed by atoms with Gasteiger partial charge in [-0.3, -0.25) is 11.3 Å². The van der Waals surface area contributed by atoms with E-state index in [0.717, 1.165) is 30.3 Å². The second kappa shape index (κ2) is 6.35. The Kier molecular flexibility index (Phi) is 4.79. The van der Waals surface area contributed by atoms with Crippen LogP contribution in [0.4, 0.5) is 4.39 Å². The summed E-state index contributed by atoms with van der Waals surface area (Å²) < 4.78 is 18.3. The molecule has 0 amide bonds. The molecule has 1 aliphatic heterocycles. The van der Waals surface area contributed by atoms with Crippen molar-refractivity contribution in [3.63, 3.8) is 0 Å². The van der Waals surface area contributed by atoms with Crippen LogP contribution in [0, 0.1) is 11.7 Å². The number of benzene rings is 1. The Morgan fingerprint density at radius 3 is 3.12 bits per heavy atom. The third-order valence-corrected chi connectivity index (χ3v) is 4.09. The molecule has 3 nitrogen and oxygen atoms in total. The zero-order valence-electron chi connectivity index (χ0n) is 9.56. The Hall–Kier alpha value is -0.620. The summed E-state index contributed by atoms with van der Waals surface area (Å²) in [5.41, 5.74) is 2.83. The van der Waals surface area contributed by atoms with Gasteiger partial charge in [-0.05, 0) is 24.6 Å². The quantitative estimate of drug-likeness (QED) is 0.479. The number of nitrogens with two attached hydrogens (primary N) is 1. The van der Waals surface area contributed by atoms with Crippen LogP contribution >= 0.6 is 11.8 Å². The summed E-state index contributed by atoms with van der Waals surface area (Å²) in [7, 11) is 0. The minimum Gasteiger partial charge on any atom is -0.381 e. The van der Waals surface area contributed by atoms with Gasteiger partial charge in [0.05, 0.1) is 6.61 Å². The summed E-state index contributed by atoms with van der Waals surface area (Å²) in [4.78, 5) is 0.934. The van der Waals surface area contributed by atoms with Crippen molar-refractivity contribution in [2.24, 2.45) is 11.8 Å². The van der Waals surface area contributed by atoms with Crippen LogP contribution in [0.1, 0.15) is 6.42 Å². The molecule has 94 valence electrons. The molecule has 2 rings (SSSR count). The topological polar surface area (TPSA) is 47.3 Å². The molecule has 0 bridgehead atoms. The van der Waals surface area contributed by atoms with E-state index in [1.807, 2.05) is 6.07 Å². The number of hydrazine groups is 1. The highest BCUT2D eigenvalue weighted by Gasteiger charge is 2.24. The predicted molar refractivity (Wildman–Crippen MR) is 67.2 cm³/mol. The van der Waals surface area contributed by atoms with Gasteiger partial charge in [0, 0.05) is 29.2 Å². The first-order chi connectivity index (χ1) is 8.29. The lowest BCUT2D eigenvalue weighted by Gasteiger charge is -2.20. The van der Waals surface area contributed by atoms with Crippen molar-refractivity contribution in [2.75, 3.05) is 19.0 Å². The lowest BCUT2D eigenvalue weighted by Crippen LogP contribution is -2.43. The Morgan fingerprint density at radius 1 is 1.59 bits per heavy atom. The Morgan fingerprint density at radius 2 is 2.47 bits per heavy atom. The maximum atomic E-state index is 13.0. The molecular weight excluding hydrogens is 239 g/mol. The lowest BCUT2D eigenvalue weighted by atomic mass is 10.0. The average molecular weight is 256 g/mol. The third-order valence-electron chi connectivity index (χ3n) is 2.97. The van der Waals surface area contributed by atoms with E-state index < -0.39 is 0 Å². The van der Waals surface area contributed by atoms with Crippen LogP contribution in [0.3, 0.4) is 0 Å². The first-order valence-corrected chi connectivity index (χ1v) is 6.70.